The molecule has 2 unspecified atom stereocenters. The van der Waals surface area contributed by atoms with Crippen molar-refractivity contribution >= 4 is 0 Å². The standard InChI is InChI=1S/C18H32O2/c1-5-20-18(19)10-7-6-8-14(18)15-12-13-9-11-17(15,4)16(13,2)3/h13-15,19H,5-12H2,1-4H3/t13-,14?,15+,17+,18?/m1/s1. The second-order valence-electron chi connectivity index (χ2n) is 8.35. The zero-order valence-corrected chi connectivity index (χ0v) is 13.7. The Labute approximate surface area is 124 Å². The fourth-order valence-corrected chi connectivity index (χ4v) is 5.97. The highest BCUT2D eigenvalue weighted by atomic mass is 16.6. The molecule has 3 fully saturated rings. The number of hydrogen-bond acceptors (Lipinski definition) is 2. The van der Waals surface area contributed by atoms with Crippen molar-refractivity contribution in [2.45, 2.75) is 78.4 Å². The van der Waals surface area contributed by atoms with E-state index in [0.717, 1.165) is 25.2 Å². The maximum absolute atomic E-state index is 11.1. The predicted octanol–water partition coefficient (Wildman–Crippen LogP) is 4.36. The predicted molar refractivity (Wildman–Crippen MR) is 81.3 cm³/mol. The monoisotopic (exact) mass is 280 g/mol. The van der Waals surface area contributed by atoms with Gasteiger partial charge in [0.05, 0.1) is 0 Å². The molecule has 0 saturated heterocycles. The van der Waals surface area contributed by atoms with Crippen molar-refractivity contribution < 1.29 is 9.84 Å². The van der Waals surface area contributed by atoms with Crippen LogP contribution >= 0.6 is 0 Å². The second kappa shape index (κ2) is 4.71. The van der Waals surface area contributed by atoms with Crippen molar-refractivity contribution in [3.63, 3.8) is 0 Å². The number of hydrogen-bond donors (Lipinski definition) is 1. The van der Waals surface area contributed by atoms with E-state index in [4.69, 9.17) is 4.74 Å². The summed E-state index contributed by atoms with van der Waals surface area (Å²) in [5.41, 5.74) is 0.826. The van der Waals surface area contributed by atoms with E-state index < -0.39 is 5.79 Å². The summed E-state index contributed by atoms with van der Waals surface area (Å²) in [6, 6.07) is 0. The van der Waals surface area contributed by atoms with Crippen LogP contribution in [0.3, 0.4) is 0 Å². The lowest BCUT2D eigenvalue weighted by Gasteiger charge is -2.49. The van der Waals surface area contributed by atoms with Gasteiger partial charge in [0.25, 0.3) is 0 Å². The molecule has 0 amide bonds. The number of ether oxygens (including phenoxy) is 1. The van der Waals surface area contributed by atoms with E-state index in [2.05, 4.69) is 20.8 Å². The Morgan fingerprint density at radius 1 is 1.05 bits per heavy atom. The molecule has 2 nitrogen and oxygen atoms in total. The molecule has 1 N–H and O–H groups in total. The van der Waals surface area contributed by atoms with Crippen molar-refractivity contribution in [1.29, 1.82) is 0 Å². The van der Waals surface area contributed by atoms with E-state index in [1.807, 2.05) is 6.92 Å². The van der Waals surface area contributed by atoms with Crippen LogP contribution in [0.15, 0.2) is 0 Å². The molecule has 3 aliphatic carbocycles. The van der Waals surface area contributed by atoms with Crippen LogP contribution in [0.2, 0.25) is 0 Å². The molecule has 0 spiro atoms. The molecular formula is C18H32O2. The summed E-state index contributed by atoms with van der Waals surface area (Å²) in [5, 5.41) is 11.1. The lowest BCUT2D eigenvalue weighted by atomic mass is 9.60. The van der Waals surface area contributed by atoms with Gasteiger partial charge >= 0.3 is 0 Å². The van der Waals surface area contributed by atoms with E-state index in [9.17, 15) is 5.11 Å². The second-order valence-corrected chi connectivity index (χ2v) is 8.35. The Kier molecular flexibility index (Phi) is 3.49. The average molecular weight is 280 g/mol. The molecule has 3 rings (SSSR count). The van der Waals surface area contributed by atoms with Crippen LogP contribution in [0, 0.1) is 28.6 Å². The van der Waals surface area contributed by atoms with E-state index >= 15 is 0 Å². The first-order valence-electron chi connectivity index (χ1n) is 8.71. The van der Waals surface area contributed by atoms with Gasteiger partial charge in [-0.15, -0.1) is 0 Å². The smallest absolute Gasteiger partial charge is 0.168 e. The third-order valence-electron chi connectivity index (χ3n) is 7.62. The maximum Gasteiger partial charge on any atom is 0.168 e. The van der Waals surface area contributed by atoms with Gasteiger partial charge in [0.1, 0.15) is 0 Å². The van der Waals surface area contributed by atoms with Gasteiger partial charge in [0.15, 0.2) is 5.79 Å². The van der Waals surface area contributed by atoms with Crippen molar-refractivity contribution in [2.75, 3.05) is 6.61 Å². The highest BCUT2D eigenvalue weighted by molar-refractivity contribution is 5.12. The molecule has 116 valence electrons. The van der Waals surface area contributed by atoms with Gasteiger partial charge in [0, 0.05) is 18.9 Å². The van der Waals surface area contributed by atoms with Gasteiger partial charge < -0.3 is 9.84 Å². The minimum atomic E-state index is -0.846. The van der Waals surface area contributed by atoms with Gasteiger partial charge in [-0.1, -0.05) is 27.2 Å². The van der Waals surface area contributed by atoms with Gasteiger partial charge in [0.2, 0.25) is 0 Å². The summed E-state index contributed by atoms with van der Waals surface area (Å²) < 4.78 is 5.87. The van der Waals surface area contributed by atoms with Crippen molar-refractivity contribution in [3.05, 3.63) is 0 Å². The third kappa shape index (κ3) is 1.83. The minimum absolute atomic E-state index is 0.353. The molecule has 0 aliphatic heterocycles. The SMILES string of the molecule is CCOC1(O)CCCCC1[C@@H]1C[C@H]2CC[C@]1(C)C2(C)C. The van der Waals surface area contributed by atoms with Gasteiger partial charge in [-0.25, -0.2) is 0 Å². The molecule has 3 saturated carbocycles. The van der Waals surface area contributed by atoms with Crippen LogP contribution in [-0.4, -0.2) is 17.5 Å². The Morgan fingerprint density at radius 3 is 2.35 bits per heavy atom. The first-order chi connectivity index (χ1) is 9.35. The number of aliphatic hydroxyl groups is 1. The summed E-state index contributed by atoms with van der Waals surface area (Å²) in [4.78, 5) is 0. The third-order valence-corrected chi connectivity index (χ3v) is 7.62. The van der Waals surface area contributed by atoms with Crippen LogP contribution in [0.1, 0.15) is 72.6 Å². The molecule has 0 radical (unpaired) electrons. The molecule has 3 aliphatic rings. The Hall–Kier alpha value is -0.0800. The lowest BCUT2D eigenvalue weighted by molar-refractivity contribution is -0.267. The molecule has 2 bridgehead atoms. The van der Waals surface area contributed by atoms with Crippen LogP contribution in [0.5, 0.6) is 0 Å². The van der Waals surface area contributed by atoms with Gasteiger partial charge in [-0.3, -0.25) is 0 Å². The van der Waals surface area contributed by atoms with Crippen molar-refractivity contribution in [1.82, 2.24) is 0 Å². The topological polar surface area (TPSA) is 29.5 Å². The molecule has 0 aromatic rings. The summed E-state index contributed by atoms with van der Waals surface area (Å²) in [6.45, 7) is 10.1. The molecule has 5 atom stereocenters. The largest absolute Gasteiger partial charge is 0.365 e. The quantitative estimate of drug-likeness (QED) is 0.778. The molecule has 0 aromatic carbocycles. The summed E-state index contributed by atoms with van der Waals surface area (Å²) >= 11 is 0. The van der Waals surface area contributed by atoms with Gasteiger partial charge in [-0.05, 0) is 61.7 Å². The van der Waals surface area contributed by atoms with E-state index in [1.54, 1.807) is 0 Å². The molecule has 0 aromatic heterocycles. The van der Waals surface area contributed by atoms with E-state index in [0.29, 0.717) is 29.3 Å². The lowest BCUT2D eigenvalue weighted by Crippen LogP contribution is -2.50. The fraction of sp³-hybridized carbons (Fsp3) is 1.00. The first-order valence-corrected chi connectivity index (χ1v) is 8.71. The highest BCUT2D eigenvalue weighted by Gasteiger charge is 2.64. The van der Waals surface area contributed by atoms with Crippen molar-refractivity contribution in [2.24, 2.45) is 28.6 Å². The first kappa shape index (κ1) is 14.8. The van der Waals surface area contributed by atoms with Gasteiger partial charge in [-0.2, -0.15) is 0 Å². The Balaban J connectivity index is 1.89. The maximum atomic E-state index is 11.1. The normalized spacial score (nSPS) is 50.5. The number of fused-ring (bicyclic) bond motifs is 2. The Morgan fingerprint density at radius 2 is 1.80 bits per heavy atom. The van der Waals surface area contributed by atoms with Crippen LogP contribution in [0.25, 0.3) is 0 Å². The minimum Gasteiger partial charge on any atom is -0.365 e. The molecule has 20 heavy (non-hydrogen) atoms. The summed E-state index contributed by atoms with van der Waals surface area (Å²) in [7, 11) is 0. The fourth-order valence-electron chi connectivity index (χ4n) is 5.97. The average Bonchev–Trinajstić information content (AvgIpc) is 2.72. The van der Waals surface area contributed by atoms with Crippen LogP contribution < -0.4 is 0 Å². The summed E-state index contributed by atoms with van der Waals surface area (Å²) in [6.07, 6.45) is 8.40. The van der Waals surface area contributed by atoms with E-state index in [-0.39, 0.29) is 0 Å². The van der Waals surface area contributed by atoms with E-state index in [1.165, 1.54) is 25.7 Å². The van der Waals surface area contributed by atoms with Crippen LogP contribution in [0.4, 0.5) is 0 Å². The molecule has 2 heteroatoms. The summed E-state index contributed by atoms with van der Waals surface area (Å²) in [5.74, 6) is 1.01. The molecular weight excluding hydrogens is 248 g/mol. The van der Waals surface area contributed by atoms with Crippen molar-refractivity contribution in [3.8, 4) is 0 Å². The zero-order chi connectivity index (χ0) is 14.6. The highest BCUT2D eigenvalue weighted by Crippen LogP contribution is 2.71. The van der Waals surface area contributed by atoms with Crippen LogP contribution in [-0.2, 0) is 4.74 Å². The Bertz CT molecular complexity index is 374. The number of rotatable bonds is 3. The zero-order valence-electron chi connectivity index (χ0n) is 13.7. The molecule has 0 heterocycles.